The fourth-order valence-corrected chi connectivity index (χ4v) is 5.17. The molecule has 0 aliphatic carbocycles. The predicted octanol–water partition coefficient (Wildman–Crippen LogP) is 4.06. The normalized spacial score (nSPS) is 17.1. The second-order valence-electron chi connectivity index (χ2n) is 8.27. The van der Waals surface area contributed by atoms with Crippen molar-refractivity contribution in [3.63, 3.8) is 0 Å². The minimum atomic E-state index is -0.937. The van der Waals surface area contributed by atoms with Crippen LogP contribution in [0.3, 0.4) is 0 Å². The van der Waals surface area contributed by atoms with E-state index in [9.17, 15) is 19.2 Å². The third-order valence-electron chi connectivity index (χ3n) is 5.90. The molecule has 2 atom stereocenters. The molecule has 14 heteroatoms. The van der Waals surface area contributed by atoms with Gasteiger partial charge in [-0.15, -0.1) is 0 Å². The van der Waals surface area contributed by atoms with Crippen molar-refractivity contribution in [2.24, 2.45) is 0 Å². The van der Waals surface area contributed by atoms with Gasteiger partial charge in [0.1, 0.15) is 28.7 Å². The molecule has 1 fully saturated rings. The smallest absolute Gasteiger partial charge is 0.434 e. The number of rotatable bonds is 7. The summed E-state index contributed by atoms with van der Waals surface area (Å²) in [5, 5.41) is 13.0. The number of piperidine rings is 1. The van der Waals surface area contributed by atoms with Crippen molar-refractivity contribution < 1.29 is 28.2 Å². The lowest BCUT2D eigenvalue weighted by atomic mass is 10.0. The van der Waals surface area contributed by atoms with Crippen LogP contribution in [0.25, 0.3) is 11.4 Å². The van der Waals surface area contributed by atoms with Gasteiger partial charge in [-0.3, -0.25) is 9.78 Å². The van der Waals surface area contributed by atoms with Crippen molar-refractivity contribution in [1.82, 2.24) is 20.3 Å². The number of amides is 1. The van der Waals surface area contributed by atoms with E-state index in [-0.39, 0.29) is 45.4 Å². The van der Waals surface area contributed by atoms with Gasteiger partial charge in [0.15, 0.2) is 10.9 Å². The Hall–Kier alpha value is -3.73. The molecule has 1 aliphatic heterocycles. The van der Waals surface area contributed by atoms with E-state index in [1.165, 1.54) is 25.4 Å². The van der Waals surface area contributed by atoms with Crippen LogP contribution < -0.4 is 15.0 Å². The Morgan fingerprint density at radius 3 is 2.89 bits per heavy atom. The number of aryl methyl sites for hydroxylation is 1. The highest BCUT2D eigenvalue weighted by Crippen LogP contribution is 2.40. The monoisotopic (exact) mass is 562 g/mol. The molecule has 4 heterocycles. The number of methoxy groups -OCH3 is 1. The zero-order valence-corrected chi connectivity index (χ0v) is 22.3. The van der Waals surface area contributed by atoms with Gasteiger partial charge in [0.25, 0.3) is 5.91 Å². The highest BCUT2D eigenvalue weighted by atomic mass is 35.5. The number of H-pyrrole nitrogens is 1. The Kier molecular flexibility index (Phi) is 8.45. The number of nitriles is 1. The SMILES string of the molecule is CCOC(=O)Oc1sc(N2CC[C@@H](NC(=O)c3[nH]c(C)c(Cl)c3C#N)[C@@H](OC)C2)nc1-c1ncccc1F. The number of hydrogen-bond donors (Lipinski definition) is 2. The second-order valence-corrected chi connectivity index (χ2v) is 9.58. The summed E-state index contributed by atoms with van der Waals surface area (Å²) in [6.07, 6.45) is 0.503. The topological polar surface area (TPSA) is 142 Å². The number of carbonyl (C=O) groups excluding carboxylic acids is 2. The molecule has 4 rings (SSSR count). The van der Waals surface area contributed by atoms with Gasteiger partial charge in [-0.1, -0.05) is 22.9 Å². The molecular formula is C24H24ClFN6O5S. The molecule has 0 radical (unpaired) electrons. The number of anilines is 1. The van der Waals surface area contributed by atoms with E-state index in [4.69, 9.17) is 25.8 Å². The number of nitrogens with one attached hydrogen (secondary N) is 2. The van der Waals surface area contributed by atoms with E-state index in [0.717, 1.165) is 11.3 Å². The minimum absolute atomic E-state index is 0.0449. The molecule has 38 heavy (non-hydrogen) atoms. The van der Waals surface area contributed by atoms with Crippen LogP contribution in [0.4, 0.5) is 14.3 Å². The zero-order chi connectivity index (χ0) is 27.4. The fourth-order valence-electron chi connectivity index (χ4n) is 4.04. The Labute approximate surface area is 226 Å². The highest BCUT2D eigenvalue weighted by molar-refractivity contribution is 7.18. The van der Waals surface area contributed by atoms with Crippen LogP contribution in [0.15, 0.2) is 18.3 Å². The molecule has 0 bridgehead atoms. The van der Waals surface area contributed by atoms with Crippen LogP contribution in [0.2, 0.25) is 5.02 Å². The van der Waals surface area contributed by atoms with Gasteiger partial charge in [-0.05, 0) is 32.4 Å². The van der Waals surface area contributed by atoms with Crippen LogP contribution in [0, 0.1) is 24.1 Å². The number of halogens is 2. The van der Waals surface area contributed by atoms with Crippen molar-refractivity contribution in [3.05, 3.63) is 46.1 Å². The van der Waals surface area contributed by atoms with Crippen molar-refractivity contribution in [2.75, 3.05) is 31.7 Å². The minimum Gasteiger partial charge on any atom is -0.434 e. The van der Waals surface area contributed by atoms with Gasteiger partial charge in [-0.2, -0.15) is 5.26 Å². The summed E-state index contributed by atoms with van der Waals surface area (Å²) >= 11 is 7.17. The summed E-state index contributed by atoms with van der Waals surface area (Å²) in [6.45, 7) is 4.20. The number of carbonyl (C=O) groups is 2. The predicted molar refractivity (Wildman–Crippen MR) is 137 cm³/mol. The molecule has 1 amide bonds. The molecule has 3 aromatic heterocycles. The molecule has 0 aromatic carbocycles. The van der Waals surface area contributed by atoms with Crippen LogP contribution in [-0.4, -0.2) is 66.0 Å². The maximum atomic E-state index is 14.5. The van der Waals surface area contributed by atoms with Gasteiger partial charge < -0.3 is 29.4 Å². The van der Waals surface area contributed by atoms with E-state index in [0.29, 0.717) is 30.3 Å². The lowest BCUT2D eigenvalue weighted by Gasteiger charge is -2.37. The second kappa shape index (κ2) is 11.8. The maximum absolute atomic E-state index is 14.5. The number of aromatic amines is 1. The average molecular weight is 563 g/mol. The van der Waals surface area contributed by atoms with E-state index in [1.54, 1.807) is 13.8 Å². The molecule has 0 saturated carbocycles. The van der Waals surface area contributed by atoms with Crippen molar-refractivity contribution >= 4 is 40.1 Å². The number of nitrogens with zero attached hydrogens (tertiary/aromatic N) is 4. The lowest BCUT2D eigenvalue weighted by Crippen LogP contribution is -2.55. The quantitative estimate of drug-likeness (QED) is 0.407. The molecule has 1 saturated heterocycles. The number of thiazole rings is 1. The summed E-state index contributed by atoms with van der Waals surface area (Å²) in [7, 11) is 1.52. The first-order valence-electron chi connectivity index (χ1n) is 11.6. The van der Waals surface area contributed by atoms with Crippen molar-refractivity contribution in [3.8, 4) is 22.5 Å². The molecule has 1 aliphatic rings. The molecule has 3 aromatic rings. The molecule has 11 nitrogen and oxygen atoms in total. The van der Waals surface area contributed by atoms with Crippen LogP contribution in [0.1, 0.15) is 35.1 Å². The summed E-state index contributed by atoms with van der Waals surface area (Å²) in [5.41, 5.74) is 0.710. The summed E-state index contributed by atoms with van der Waals surface area (Å²) in [6, 6.07) is 4.27. The Morgan fingerprint density at radius 2 is 2.21 bits per heavy atom. The van der Waals surface area contributed by atoms with Gasteiger partial charge >= 0.3 is 6.16 Å². The highest BCUT2D eigenvalue weighted by Gasteiger charge is 2.34. The van der Waals surface area contributed by atoms with Gasteiger partial charge in [0, 0.05) is 32.1 Å². The first kappa shape index (κ1) is 27.3. The Bertz CT molecular complexity index is 1390. The first-order chi connectivity index (χ1) is 18.3. The lowest BCUT2D eigenvalue weighted by molar-refractivity contribution is 0.0540. The van der Waals surface area contributed by atoms with E-state index in [1.807, 2.05) is 11.0 Å². The molecule has 2 N–H and O–H groups in total. The summed E-state index contributed by atoms with van der Waals surface area (Å²) in [4.78, 5) is 38.3. The van der Waals surface area contributed by atoms with Gasteiger partial charge in [0.05, 0.1) is 23.8 Å². The largest absolute Gasteiger partial charge is 0.514 e. The van der Waals surface area contributed by atoms with E-state index >= 15 is 0 Å². The van der Waals surface area contributed by atoms with E-state index in [2.05, 4.69) is 20.3 Å². The number of ether oxygens (including phenoxy) is 3. The van der Waals surface area contributed by atoms with Crippen LogP contribution in [-0.2, 0) is 9.47 Å². The third-order valence-corrected chi connectivity index (χ3v) is 7.37. The maximum Gasteiger partial charge on any atom is 0.514 e. The number of hydrogen-bond acceptors (Lipinski definition) is 10. The molecule has 0 spiro atoms. The van der Waals surface area contributed by atoms with Crippen LogP contribution >= 0.6 is 22.9 Å². The van der Waals surface area contributed by atoms with Gasteiger partial charge in [0.2, 0.25) is 5.06 Å². The molecule has 200 valence electrons. The number of aromatic nitrogens is 3. The van der Waals surface area contributed by atoms with Crippen LogP contribution in [0.5, 0.6) is 5.06 Å². The Morgan fingerprint density at radius 1 is 1.42 bits per heavy atom. The van der Waals surface area contributed by atoms with Crippen molar-refractivity contribution in [1.29, 1.82) is 5.26 Å². The zero-order valence-electron chi connectivity index (χ0n) is 20.7. The average Bonchev–Trinajstić information content (AvgIpc) is 3.44. The third kappa shape index (κ3) is 5.57. The standard InChI is InChI=1S/C24H24ClFN6O5S/c1-4-36-24(34)37-22-20(19-14(26)6-5-8-28-19)31-23(38-22)32-9-7-15(16(11-32)35-3)30-21(33)18-13(10-27)17(25)12(2)29-18/h5-6,8,15-16,29H,4,7,9,11H2,1-3H3,(H,30,33)/t15-,16+/m1/s1. The van der Waals surface area contributed by atoms with E-state index < -0.39 is 24.0 Å². The Balaban J connectivity index is 1.55. The van der Waals surface area contributed by atoms with Gasteiger partial charge in [-0.25, -0.2) is 14.2 Å². The number of pyridine rings is 1. The fraction of sp³-hybridized carbons (Fsp3) is 0.375. The van der Waals surface area contributed by atoms with Crippen molar-refractivity contribution in [2.45, 2.75) is 32.4 Å². The summed E-state index contributed by atoms with van der Waals surface area (Å²) < 4.78 is 30.4. The first-order valence-corrected chi connectivity index (χ1v) is 12.8. The summed E-state index contributed by atoms with van der Waals surface area (Å²) in [5.74, 6) is -1.09. The molecular weight excluding hydrogens is 539 g/mol. The molecule has 0 unspecified atom stereocenters.